The Bertz CT molecular complexity index is 1450. The van der Waals surface area contributed by atoms with Crippen LogP contribution in [-0.4, -0.2) is 63.0 Å². The Morgan fingerprint density at radius 2 is 1.92 bits per heavy atom. The molecule has 0 spiro atoms. The number of aliphatic hydroxyl groups is 1. The van der Waals surface area contributed by atoms with Crippen LogP contribution in [0.1, 0.15) is 26.5 Å². The monoisotopic (exact) mass is 518 g/mol. The number of rotatable bonds is 5. The van der Waals surface area contributed by atoms with Crippen molar-refractivity contribution >= 4 is 34.5 Å². The van der Waals surface area contributed by atoms with Crippen molar-refractivity contribution in [3.8, 4) is 17.1 Å². The van der Waals surface area contributed by atoms with E-state index in [9.17, 15) is 5.11 Å². The summed E-state index contributed by atoms with van der Waals surface area (Å²) in [4.78, 5) is 18.1. The third kappa shape index (κ3) is 4.18. The van der Waals surface area contributed by atoms with Gasteiger partial charge in [-0.15, -0.1) is 0 Å². The number of hydrogen-bond donors (Lipinski definition) is 2. The lowest BCUT2D eigenvalue weighted by Crippen LogP contribution is -2.56. The second-order valence-electron chi connectivity index (χ2n) is 9.95. The summed E-state index contributed by atoms with van der Waals surface area (Å²) >= 11 is 1.60. The number of benzene rings is 1. The van der Waals surface area contributed by atoms with Crippen molar-refractivity contribution in [2.45, 2.75) is 43.4 Å². The molecular weight excluding hydrogens is 488 g/mol. The van der Waals surface area contributed by atoms with Gasteiger partial charge in [0.25, 0.3) is 0 Å². The van der Waals surface area contributed by atoms with Crippen LogP contribution >= 0.6 is 11.9 Å². The van der Waals surface area contributed by atoms with Crippen LogP contribution in [0.5, 0.6) is 5.75 Å². The fraction of sp³-hybridized carbons (Fsp3) is 0.370. The summed E-state index contributed by atoms with van der Waals surface area (Å²) in [5.74, 6) is 1.74. The molecule has 1 aromatic carbocycles. The van der Waals surface area contributed by atoms with Crippen molar-refractivity contribution in [3.05, 3.63) is 54.5 Å². The van der Waals surface area contributed by atoms with Gasteiger partial charge in [-0.2, -0.15) is 0 Å². The highest BCUT2D eigenvalue weighted by Gasteiger charge is 2.40. The van der Waals surface area contributed by atoms with E-state index in [1.807, 2.05) is 47.7 Å². The SMILES string of the molecule is CNc1cnc2c(ccn2Sc2ccccc2)c1-c1nc2c(c(C(C)(C)O)n1)OC[C@@H]1COC[C@@H](C)N21. The predicted molar refractivity (Wildman–Crippen MR) is 145 cm³/mol. The van der Waals surface area contributed by atoms with E-state index in [1.54, 1.807) is 25.8 Å². The van der Waals surface area contributed by atoms with Gasteiger partial charge in [0.1, 0.15) is 17.9 Å². The molecule has 2 N–H and O–H groups in total. The fourth-order valence-electron chi connectivity index (χ4n) is 5.02. The maximum absolute atomic E-state index is 11.1. The van der Waals surface area contributed by atoms with Crippen LogP contribution in [0.25, 0.3) is 22.4 Å². The maximum atomic E-state index is 11.1. The Hall–Kier alpha value is -3.34. The Morgan fingerprint density at radius 1 is 1.11 bits per heavy atom. The Morgan fingerprint density at radius 3 is 2.68 bits per heavy atom. The van der Waals surface area contributed by atoms with Crippen LogP contribution in [0.4, 0.5) is 11.5 Å². The predicted octanol–water partition coefficient (Wildman–Crippen LogP) is 4.30. The molecule has 2 atom stereocenters. The van der Waals surface area contributed by atoms with E-state index in [1.165, 1.54) is 0 Å². The van der Waals surface area contributed by atoms with Gasteiger partial charge in [-0.05, 0) is 50.9 Å². The zero-order valence-corrected chi connectivity index (χ0v) is 22.1. The minimum Gasteiger partial charge on any atom is -0.485 e. The molecule has 2 aliphatic rings. The van der Waals surface area contributed by atoms with Gasteiger partial charge >= 0.3 is 0 Å². The number of ether oxygens (including phenoxy) is 2. The van der Waals surface area contributed by atoms with Crippen LogP contribution in [0.2, 0.25) is 0 Å². The molecule has 1 fully saturated rings. The first-order valence-electron chi connectivity index (χ1n) is 12.4. The second-order valence-corrected chi connectivity index (χ2v) is 11.0. The van der Waals surface area contributed by atoms with Crippen LogP contribution in [-0.2, 0) is 10.3 Å². The average molecular weight is 519 g/mol. The molecule has 0 radical (unpaired) electrons. The summed E-state index contributed by atoms with van der Waals surface area (Å²) < 4.78 is 14.0. The number of pyridine rings is 1. The zero-order chi connectivity index (χ0) is 25.7. The largest absolute Gasteiger partial charge is 0.485 e. The smallest absolute Gasteiger partial charge is 0.186 e. The van der Waals surface area contributed by atoms with Gasteiger partial charge in [-0.25, -0.2) is 15.0 Å². The Kier molecular flexibility index (Phi) is 5.97. The van der Waals surface area contributed by atoms with Crippen molar-refractivity contribution in [2.75, 3.05) is 37.1 Å². The van der Waals surface area contributed by atoms with E-state index in [0.29, 0.717) is 42.9 Å². The molecule has 6 rings (SSSR count). The molecule has 3 aromatic heterocycles. The first-order valence-corrected chi connectivity index (χ1v) is 13.2. The summed E-state index contributed by atoms with van der Waals surface area (Å²) in [6.45, 7) is 7.22. The molecule has 37 heavy (non-hydrogen) atoms. The average Bonchev–Trinajstić information content (AvgIpc) is 3.29. The summed E-state index contributed by atoms with van der Waals surface area (Å²) in [5.41, 5.74) is 1.68. The molecule has 0 amide bonds. The zero-order valence-electron chi connectivity index (χ0n) is 21.3. The quantitative estimate of drug-likeness (QED) is 0.401. The number of hydrogen-bond acceptors (Lipinski definition) is 9. The number of morpholine rings is 1. The van der Waals surface area contributed by atoms with Gasteiger partial charge in [-0.3, -0.25) is 3.97 Å². The molecule has 2 aliphatic heterocycles. The van der Waals surface area contributed by atoms with Crippen LogP contribution in [0.15, 0.2) is 53.7 Å². The van der Waals surface area contributed by atoms with Gasteiger partial charge in [-0.1, -0.05) is 18.2 Å². The Labute approximate surface area is 220 Å². The molecule has 4 aromatic rings. The van der Waals surface area contributed by atoms with Crippen molar-refractivity contribution in [1.82, 2.24) is 18.9 Å². The van der Waals surface area contributed by atoms with Crippen LogP contribution in [0.3, 0.4) is 0 Å². The van der Waals surface area contributed by atoms with E-state index >= 15 is 0 Å². The van der Waals surface area contributed by atoms with Crippen molar-refractivity contribution < 1.29 is 14.6 Å². The van der Waals surface area contributed by atoms with Crippen molar-refractivity contribution in [2.24, 2.45) is 0 Å². The molecule has 192 valence electrons. The molecule has 0 saturated carbocycles. The molecule has 5 heterocycles. The van der Waals surface area contributed by atoms with E-state index in [2.05, 4.69) is 29.3 Å². The number of nitrogens with zero attached hydrogens (tertiary/aromatic N) is 5. The topological polar surface area (TPSA) is 97.6 Å². The second kappa shape index (κ2) is 9.20. The lowest BCUT2D eigenvalue weighted by Gasteiger charge is -2.45. The minimum absolute atomic E-state index is 0.0539. The molecule has 9 nitrogen and oxygen atoms in total. The summed E-state index contributed by atoms with van der Waals surface area (Å²) in [7, 11) is 1.86. The highest BCUT2D eigenvalue weighted by molar-refractivity contribution is 7.98. The number of anilines is 2. The van der Waals surface area contributed by atoms with E-state index in [-0.39, 0.29) is 12.1 Å². The molecular formula is C27H30N6O3S. The van der Waals surface area contributed by atoms with Crippen molar-refractivity contribution in [3.63, 3.8) is 0 Å². The third-order valence-electron chi connectivity index (χ3n) is 6.75. The molecule has 10 heteroatoms. The van der Waals surface area contributed by atoms with Crippen LogP contribution < -0.4 is 15.0 Å². The first kappa shape index (κ1) is 24.0. The molecule has 0 bridgehead atoms. The lowest BCUT2D eigenvalue weighted by atomic mass is 10.0. The Balaban J connectivity index is 1.56. The molecule has 1 saturated heterocycles. The standard InChI is InChI=1S/C27H30N6O3S/c1-16-13-35-14-17-15-36-22-23(27(2,3)34)30-24(31-26(22)33(16)17)21-19-10-11-32(25(19)29-12-20(21)28-4)37-18-8-6-5-7-9-18/h5-12,16-17,28,34H,13-15H2,1-4H3/t16-,17+/m1/s1. The maximum Gasteiger partial charge on any atom is 0.186 e. The van der Waals surface area contributed by atoms with Gasteiger partial charge in [0.15, 0.2) is 23.0 Å². The highest BCUT2D eigenvalue weighted by Crippen LogP contribution is 2.44. The first-order chi connectivity index (χ1) is 17.8. The normalized spacial score (nSPS) is 19.3. The summed E-state index contributed by atoms with van der Waals surface area (Å²) in [5, 5.41) is 15.3. The minimum atomic E-state index is -1.23. The summed E-state index contributed by atoms with van der Waals surface area (Å²) in [6, 6.07) is 12.4. The van der Waals surface area contributed by atoms with Crippen LogP contribution in [0, 0.1) is 0 Å². The van der Waals surface area contributed by atoms with E-state index in [0.717, 1.165) is 27.2 Å². The molecule has 0 aliphatic carbocycles. The number of nitrogens with one attached hydrogen (secondary N) is 1. The van der Waals surface area contributed by atoms with Crippen molar-refractivity contribution in [1.29, 1.82) is 0 Å². The summed E-state index contributed by atoms with van der Waals surface area (Å²) in [6.07, 6.45) is 3.82. The molecule has 0 unspecified atom stereocenters. The highest BCUT2D eigenvalue weighted by atomic mass is 32.2. The number of fused-ring (bicyclic) bond motifs is 4. The van der Waals surface area contributed by atoms with E-state index < -0.39 is 5.60 Å². The fourth-order valence-corrected chi connectivity index (χ4v) is 5.88. The van der Waals surface area contributed by atoms with Gasteiger partial charge in [0, 0.05) is 23.5 Å². The van der Waals surface area contributed by atoms with Gasteiger partial charge in [0.2, 0.25) is 0 Å². The van der Waals surface area contributed by atoms with Gasteiger partial charge in [0.05, 0.1) is 42.7 Å². The van der Waals surface area contributed by atoms with Gasteiger partial charge < -0.3 is 24.8 Å². The number of aromatic nitrogens is 4. The third-order valence-corrected chi connectivity index (χ3v) is 7.72. The van der Waals surface area contributed by atoms with E-state index in [4.69, 9.17) is 24.4 Å². The lowest BCUT2D eigenvalue weighted by molar-refractivity contribution is 0.0425.